The van der Waals surface area contributed by atoms with Crippen molar-refractivity contribution in [2.75, 3.05) is 5.32 Å². The number of nitrogens with one attached hydrogen (secondary N) is 1. The normalized spacial score (nSPS) is 15.8. The Labute approximate surface area is 150 Å². The SMILES string of the molecule is CC1=NS(=O)(=O)N(Cc2ccccc2)C=C1C(=O)Nc1ccc(F)cc1. The summed E-state index contributed by atoms with van der Waals surface area (Å²) in [6.07, 6.45) is 1.27. The van der Waals surface area contributed by atoms with Gasteiger partial charge in [0.05, 0.1) is 17.8 Å². The summed E-state index contributed by atoms with van der Waals surface area (Å²) in [5.74, 6) is -0.941. The fourth-order valence-corrected chi connectivity index (χ4v) is 3.52. The van der Waals surface area contributed by atoms with Crippen LogP contribution in [0.4, 0.5) is 10.1 Å². The molecule has 0 aromatic heterocycles. The van der Waals surface area contributed by atoms with Gasteiger partial charge in [-0.25, -0.2) is 4.39 Å². The lowest BCUT2D eigenvalue weighted by atomic mass is 10.1. The third kappa shape index (κ3) is 3.97. The number of hydrogen-bond donors (Lipinski definition) is 1. The molecule has 8 heteroatoms. The van der Waals surface area contributed by atoms with Crippen molar-refractivity contribution in [1.82, 2.24) is 4.31 Å². The van der Waals surface area contributed by atoms with E-state index in [9.17, 15) is 17.6 Å². The molecule has 1 heterocycles. The van der Waals surface area contributed by atoms with Crippen LogP contribution < -0.4 is 5.32 Å². The maximum absolute atomic E-state index is 13.0. The van der Waals surface area contributed by atoms with E-state index in [0.29, 0.717) is 5.69 Å². The number of anilines is 1. The van der Waals surface area contributed by atoms with Gasteiger partial charge in [-0.15, -0.1) is 4.40 Å². The maximum atomic E-state index is 13.0. The smallest absolute Gasteiger partial charge is 0.322 e. The van der Waals surface area contributed by atoms with Gasteiger partial charge in [-0.05, 0) is 36.8 Å². The second-order valence-electron chi connectivity index (χ2n) is 5.69. The maximum Gasteiger partial charge on any atom is 0.344 e. The van der Waals surface area contributed by atoms with Crippen molar-refractivity contribution in [3.63, 3.8) is 0 Å². The number of rotatable bonds is 4. The van der Waals surface area contributed by atoms with Crippen LogP contribution in [0.2, 0.25) is 0 Å². The van der Waals surface area contributed by atoms with Gasteiger partial charge in [0.25, 0.3) is 5.91 Å². The summed E-state index contributed by atoms with van der Waals surface area (Å²) in [5, 5.41) is 2.60. The average molecular weight is 373 g/mol. The lowest BCUT2D eigenvalue weighted by Crippen LogP contribution is -2.32. The Hall–Kier alpha value is -3.00. The Balaban J connectivity index is 1.85. The third-order valence-corrected chi connectivity index (χ3v) is 5.07. The van der Waals surface area contributed by atoms with Gasteiger partial charge in [-0.2, -0.15) is 8.42 Å². The molecule has 2 aromatic rings. The summed E-state index contributed by atoms with van der Waals surface area (Å²) in [7, 11) is -3.90. The van der Waals surface area contributed by atoms with E-state index in [1.807, 2.05) is 6.07 Å². The van der Waals surface area contributed by atoms with Crippen molar-refractivity contribution in [2.45, 2.75) is 13.5 Å². The summed E-state index contributed by atoms with van der Waals surface area (Å²) >= 11 is 0. The monoisotopic (exact) mass is 373 g/mol. The predicted molar refractivity (Wildman–Crippen MR) is 97.1 cm³/mol. The molecule has 6 nitrogen and oxygen atoms in total. The van der Waals surface area contributed by atoms with E-state index < -0.39 is 21.9 Å². The van der Waals surface area contributed by atoms with Crippen molar-refractivity contribution >= 4 is 27.5 Å². The lowest BCUT2D eigenvalue weighted by Gasteiger charge is -2.23. The van der Waals surface area contributed by atoms with Crippen molar-refractivity contribution in [2.24, 2.45) is 4.40 Å². The van der Waals surface area contributed by atoms with Crippen molar-refractivity contribution in [1.29, 1.82) is 0 Å². The molecule has 0 fully saturated rings. The van der Waals surface area contributed by atoms with Crippen LogP contribution in [0.5, 0.6) is 0 Å². The number of carbonyl (C=O) groups is 1. The van der Waals surface area contributed by atoms with Crippen LogP contribution >= 0.6 is 0 Å². The van der Waals surface area contributed by atoms with Crippen molar-refractivity contribution in [3.8, 4) is 0 Å². The molecule has 0 bridgehead atoms. The first kappa shape index (κ1) is 17.8. The van der Waals surface area contributed by atoms with Crippen LogP contribution in [0, 0.1) is 5.82 Å². The summed E-state index contributed by atoms with van der Waals surface area (Å²) in [6, 6.07) is 14.3. The highest BCUT2D eigenvalue weighted by atomic mass is 32.2. The molecule has 0 atom stereocenters. The number of amides is 1. The first-order valence-electron chi connectivity index (χ1n) is 7.76. The molecule has 26 heavy (non-hydrogen) atoms. The van der Waals surface area contributed by atoms with Gasteiger partial charge in [0.1, 0.15) is 5.82 Å². The molecule has 1 N–H and O–H groups in total. The third-order valence-electron chi connectivity index (χ3n) is 3.74. The lowest BCUT2D eigenvalue weighted by molar-refractivity contribution is -0.112. The molecule has 2 aromatic carbocycles. The highest BCUT2D eigenvalue weighted by Crippen LogP contribution is 2.20. The van der Waals surface area contributed by atoms with Gasteiger partial charge in [-0.1, -0.05) is 30.3 Å². The molecule has 134 valence electrons. The molecular formula is C18H16FN3O3S. The summed E-state index contributed by atoms with van der Waals surface area (Å²) < 4.78 is 42.2. The number of halogens is 1. The fourth-order valence-electron chi connectivity index (χ4n) is 2.42. The highest BCUT2D eigenvalue weighted by molar-refractivity contribution is 7.88. The minimum absolute atomic E-state index is 0.0628. The van der Waals surface area contributed by atoms with Crippen LogP contribution in [0.15, 0.2) is 70.8 Å². The van der Waals surface area contributed by atoms with Gasteiger partial charge in [0.2, 0.25) is 0 Å². The molecule has 0 aliphatic carbocycles. The number of hydrogen-bond acceptors (Lipinski definition) is 3. The van der Waals surface area contributed by atoms with Crippen LogP contribution in [0.3, 0.4) is 0 Å². The molecule has 1 amide bonds. The fraction of sp³-hybridized carbons (Fsp3) is 0.111. The topological polar surface area (TPSA) is 78.8 Å². The zero-order valence-electron chi connectivity index (χ0n) is 13.9. The van der Waals surface area contributed by atoms with Gasteiger partial charge >= 0.3 is 10.2 Å². The Bertz CT molecular complexity index is 984. The molecule has 0 unspecified atom stereocenters. The van der Waals surface area contributed by atoms with E-state index in [0.717, 1.165) is 9.87 Å². The van der Waals surface area contributed by atoms with Crippen LogP contribution in [-0.4, -0.2) is 24.3 Å². The quantitative estimate of drug-likeness (QED) is 0.895. The van der Waals surface area contributed by atoms with E-state index in [1.54, 1.807) is 24.3 Å². The van der Waals surface area contributed by atoms with E-state index >= 15 is 0 Å². The molecule has 0 spiro atoms. The van der Waals surface area contributed by atoms with Gasteiger partial charge in [-0.3, -0.25) is 9.10 Å². The molecule has 0 saturated carbocycles. The van der Waals surface area contributed by atoms with Crippen LogP contribution in [-0.2, 0) is 21.5 Å². The van der Waals surface area contributed by atoms with Crippen LogP contribution in [0.1, 0.15) is 12.5 Å². The van der Waals surface area contributed by atoms with Gasteiger partial charge in [0.15, 0.2) is 0 Å². The summed E-state index contributed by atoms with van der Waals surface area (Å²) in [6.45, 7) is 1.51. The Morgan fingerprint density at radius 1 is 1.12 bits per heavy atom. The second kappa shape index (κ2) is 7.09. The van der Waals surface area contributed by atoms with E-state index in [4.69, 9.17) is 0 Å². The second-order valence-corrected chi connectivity index (χ2v) is 7.24. The zero-order valence-corrected chi connectivity index (χ0v) is 14.7. The van der Waals surface area contributed by atoms with Crippen molar-refractivity contribution < 1.29 is 17.6 Å². The first-order valence-corrected chi connectivity index (χ1v) is 9.16. The summed E-state index contributed by atoms with van der Waals surface area (Å²) in [5.41, 5.74) is 1.38. The Kier molecular flexibility index (Phi) is 4.85. The van der Waals surface area contributed by atoms with E-state index in [2.05, 4.69) is 9.71 Å². The number of benzene rings is 2. The molecule has 1 aliphatic rings. The Morgan fingerprint density at radius 3 is 2.42 bits per heavy atom. The van der Waals surface area contributed by atoms with Crippen LogP contribution in [0.25, 0.3) is 0 Å². The largest absolute Gasteiger partial charge is 0.344 e. The molecule has 0 radical (unpaired) electrons. The molecule has 0 saturated heterocycles. The standard InChI is InChI=1S/C18H16FN3O3S/c1-13-17(18(23)20-16-9-7-15(19)8-10-16)12-22(26(24,25)21-13)11-14-5-3-2-4-6-14/h2-10,12H,11H2,1H3,(H,20,23). The minimum atomic E-state index is -3.90. The van der Waals surface area contributed by atoms with Crippen molar-refractivity contribution in [3.05, 3.63) is 77.8 Å². The van der Waals surface area contributed by atoms with Gasteiger partial charge in [0, 0.05) is 11.9 Å². The highest BCUT2D eigenvalue weighted by Gasteiger charge is 2.28. The van der Waals surface area contributed by atoms with E-state index in [1.165, 1.54) is 37.4 Å². The number of nitrogens with zero attached hydrogens (tertiary/aromatic N) is 2. The molecule has 1 aliphatic heterocycles. The predicted octanol–water partition coefficient (Wildman–Crippen LogP) is 2.87. The minimum Gasteiger partial charge on any atom is -0.322 e. The number of carbonyl (C=O) groups excluding carboxylic acids is 1. The zero-order chi connectivity index (χ0) is 18.7. The average Bonchev–Trinajstić information content (AvgIpc) is 2.59. The van der Waals surface area contributed by atoms with E-state index in [-0.39, 0.29) is 17.8 Å². The summed E-state index contributed by atoms with van der Waals surface area (Å²) in [4.78, 5) is 12.5. The Morgan fingerprint density at radius 2 is 1.77 bits per heavy atom. The molecule has 3 rings (SSSR count). The van der Waals surface area contributed by atoms with Gasteiger partial charge < -0.3 is 5.32 Å². The first-order chi connectivity index (χ1) is 12.3. The molecular weight excluding hydrogens is 357 g/mol.